The zero-order valence-corrected chi connectivity index (χ0v) is 7.42. The van der Waals surface area contributed by atoms with Crippen LogP contribution in [0.25, 0.3) is 0 Å². The molecule has 0 aliphatic heterocycles. The third-order valence-electron chi connectivity index (χ3n) is 2.13. The van der Waals surface area contributed by atoms with Crippen LogP contribution in [0.1, 0.15) is 39.0 Å². The molecular formula is C11H18. The van der Waals surface area contributed by atoms with Gasteiger partial charge in [-0.3, -0.25) is 0 Å². The largest absolute Gasteiger partial charge is 0.0885 e. The first kappa shape index (κ1) is 8.58. The van der Waals surface area contributed by atoms with Gasteiger partial charge in [0.05, 0.1) is 0 Å². The molecule has 0 radical (unpaired) electrons. The molecule has 1 unspecified atom stereocenters. The number of rotatable bonds is 0. The van der Waals surface area contributed by atoms with Crippen LogP contribution in [0.15, 0.2) is 24.3 Å². The lowest BCUT2D eigenvalue weighted by Gasteiger charge is -2.03. The molecule has 0 heteroatoms. The van der Waals surface area contributed by atoms with E-state index in [0.29, 0.717) is 0 Å². The molecule has 0 aromatic rings. The van der Waals surface area contributed by atoms with Crippen molar-refractivity contribution in [3.8, 4) is 0 Å². The minimum Gasteiger partial charge on any atom is -0.0885 e. The van der Waals surface area contributed by atoms with Crippen LogP contribution in [0.3, 0.4) is 0 Å². The average molecular weight is 150 g/mol. The van der Waals surface area contributed by atoms with Crippen molar-refractivity contribution in [2.24, 2.45) is 5.92 Å². The van der Waals surface area contributed by atoms with Crippen LogP contribution in [0.4, 0.5) is 0 Å². The minimum atomic E-state index is 0.740. The molecule has 0 saturated carbocycles. The van der Waals surface area contributed by atoms with E-state index in [9.17, 15) is 0 Å². The smallest absolute Gasteiger partial charge is 0.0227 e. The SMILES string of the molecule is CC1/C=C/CCCC/C=C/C1. The molecule has 0 fully saturated rings. The van der Waals surface area contributed by atoms with Crippen LogP contribution < -0.4 is 0 Å². The van der Waals surface area contributed by atoms with E-state index in [4.69, 9.17) is 0 Å². The molecular weight excluding hydrogens is 132 g/mol. The summed E-state index contributed by atoms with van der Waals surface area (Å²) in [6.45, 7) is 2.28. The summed E-state index contributed by atoms with van der Waals surface area (Å²) in [6, 6.07) is 0. The van der Waals surface area contributed by atoms with Crippen molar-refractivity contribution in [1.82, 2.24) is 0 Å². The summed E-state index contributed by atoms with van der Waals surface area (Å²) in [5.74, 6) is 0.740. The molecule has 0 aromatic carbocycles. The standard InChI is InChI=1S/C11H18/c1-11-9-7-5-3-2-4-6-8-10-11/h5,7-8,10-11H,2-4,6,9H2,1H3/b7-5+,10-8+. The summed E-state index contributed by atoms with van der Waals surface area (Å²) in [4.78, 5) is 0. The fourth-order valence-corrected chi connectivity index (χ4v) is 1.36. The van der Waals surface area contributed by atoms with Crippen molar-refractivity contribution >= 4 is 0 Å². The van der Waals surface area contributed by atoms with Gasteiger partial charge in [0.1, 0.15) is 0 Å². The van der Waals surface area contributed by atoms with E-state index in [-0.39, 0.29) is 0 Å². The molecule has 0 bridgehead atoms. The van der Waals surface area contributed by atoms with Crippen LogP contribution in [-0.4, -0.2) is 0 Å². The quantitative estimate of drug-likeness (QED) is 0.462. The predicted octanol–water partition coefficient (Wildman–Crippen LogP) is 3.70. The van der Waals surface area contributed by atoms with Gasteiger partial charge in [0.25, 0.3) is 0 Å². The second-order valence-corrected chi connectivity index (χ2v) is 3.40. The van der Waals surface area contributed by atoms with Gasteiger partial charge in [-0.25, -0.2) is 0 Å². The third-order valence-corrected chi connectivity index (χ3v) is 2.13. The molecule has 11 heavy (non-hydrogen) atoms. The van der Waals surface area contributed by atoms with E-state index < -0.39 is 0 Å². The molecule has 1 atom stereocenters. The highest BCUT2D eigenvalue weighted by Crippen LogP contribution is 2.10. The Balaban J connectivity index is 2.36. The maximum absolute atomic E-state index is 2.34. The molecule has 1 aliphatic carbocycles. The normalized spacial score (nSPS) is 32.6. The molecule has 0 nitrogen and oxygen atoms in total. The highest BCUT2D eigenvalue weighted by atomic mass is 14.0. The Morgan fingerprint density at radius 2 is 1.73 bits per heavy atom. The van der Waals surface area contributed by atoms with E-state index in [1.54, 1.807) is 0 Å². The lowest BCUT2D eigenvalue weighted by molar-refractivity contribution is 0.707. The van der Waals surface area contributed by atoms with Crippen molar-refractivity contribution in [3.63, 3.8) is 0 Å². The second-order valence-electron chi connectivity index (χ2n) is 3.40. The van der Waals surface area contributed by atoms with Gasteiger partial charge >= 0.3 is 0 Å². The Hall–Kier alpha value is -0.520. The van der Waals surface area contributed by atoms with Gasteiger partial charge < -0.3 is 0 Å². The molecule has 1 aliphatic rings. The van der Waals surface area contributed by atoms with Crippen LogP contribution in [0, 0.1) is 5.92 Å². The Labute approximate surface area is 70.0 Å². The van der Waals surface area contributed by atoms with Gasteiger partial charge in [-0.15, -0.1) is 0 Å². The van der Waals surface area contributed by atoms with Crippen molar-refractivity contribution in [2.45, 2.75) is 39.0 Å². The van der Waals surface area contributed by atoms with Crippen molar-refractivity contribution in [3.05, 3.63) is 24.3 Å². The van der Waals surface area contributed by atoms with E-state index >= 15 is 0 Å². The predicted molar refractivity (Wildman–Crippen MR) is 50.5 cm³/mol. The zero-order valence-electron chi connectivity index (χ0n) is 7.42. The molecule has 0 aromatic heterocycles. The van der Waals surface area contributed by atoms with Gasteiger partial charge in [0.2, 0.25) is 0 Å². The van der Waals surface area contributed by atoms with E-state index in [2.05, 4.69) is 31.2 Å². The third kappa shape index (κ3) is 4.02. The molecule has 0 spiro atoms. The Bertz CT molecular complexity index is 142. The lowest BCUT2D eigenvalue weighted by atomic mass is 10.0. The molecule has 0 N–H and O–H groups in total. The Morgan fingerprint density at radius 1 is 1.00 bits per heavy atom. The maximum Gasteiger partial charge on any atom is -0.0227 e. The summed E-state index contributed by atoms with van der Waals surface area (Å²) in [5, 5.41) is 0. The Morgan fingerprint density at radius 3 is 2.55 bits per heavy atom. The van der Waals surface area contributed by atoms with Crippen molar-refractivity contribution in [1.29, 1.82) is 0 Å². The van der Waals surface area contributed by atoms with E-state index in [0.717, 1.165) is 5.92 Å². The van der Waals surface area contributed by atoms with Gasteiger partial charge in [-0.1, -0.05) is 31.2 Å². The topological polar surface area (TPSA) is 0 Å². The first-order valence-electron chi connectivity index (χ1n) is 4.71. The number of hydrogen-bond acceptors (Lipinski definition) is 0. The van der Waals surface area contributed by atoms with Crippen LogP contribution in [0.5, 0.6) is 0 Å². The van der Waals surface area contributed by atoms with Crippen molar-refractivity contribution < 1.29 is 0 Å². The number of hydrogen-bond donors (Lipinski definition) is 0. The van der Waals surface area contributed by atoms with Crippen LogP contribution >= 0.6 is 0 Å². The first-order chi connectivity index (χ1) is 5.39. The van der Waals surface area contributed by atoms with Gasteiger partial charge in [0.15, 0.2) is 0 Å². The summed E-state index contributed by atoms with van der Waals surface area (Å²) >= 11 is 0. The van der Waals surface area contributed by atoms with Crippen LogP contribution in [0.2, 0.25) is 0 Å². The zero-order chi connectivity index (χ0) is 7.94. The van der Waals surface area contributed by atoms with Crippen LogP contribution in [-0.2, 0) is 0 Å². The molecule has 0 amide bonds. The fourth-order valence-electron chi connectivity index (χ4n) is 1.36. The highest BCUT2D eigenvalue weighted by Gasteiger charge is 1.94. The summed E-state index contributed by atoms with van der Waals surface area (Å²) < 4.78 is 0. The van der Waals surface area contributed by atoms with Gasteiger partial charge in [-0.2, -0.15) is 0 Å². The average Bonchev–Trinajstić information content (AvgIpc) is 2.03. The molecule has 0 saturated heterocycles. The summed E-state index contributed by atoms with van der Waals surface area (Å²) in [7, 11) is 0. The van der Waals surface area contributed by atoms with E-state index in [1.807, 2.05) is 0 Å². The molecule has 62 valence electrons. The lowest BCUT2D eigenvalue weighted by Crippen LogP contribution is -1.87. The summed E-state index contributed by atoms with van der Waals surface area (Å²) in [6.07, 6.45) is 15.8. The maximum atomic E-state index is 2.34. The molecule has 1 rings (SSSR count). The van der Waals surface area contributed by atoms with E-state index in [1.165, 1.54) is 32.1 Å². The molecule has 0 heterocycles. The Kier molecular flexibility index (Phi) is 4.03. The van der Waals surface area contributed by atoms with Gasteiger partial charge in [-0.05, 0) is 38.0 Å². The first-order valence-corrected chi connectivity index (χ1v) is 4.71. The second kappa shape index (κ2) is 5.17. The summed E-state index contributed by atoms with van der Waals surface area (Å²) in [5.41, 5.74) is 0. The van der Waals surface area contributed by atoms with Gasteiger partial charge in [0, 0.05) is 0 Å². The number of allylic oxidation sites excluding steroid dienone is 4. The minimum absolute atomic E-state index is 0.740. The fraction of sp³-hybridized carbons (Fsp3) is 0.636. The monoisotopic (exact) mass is 150 g/mol. The van der Waals surface area contributed by atoms with Crippen molar-refractivity contribution in [2.75, 3.05) is 0 Å². The highest BCUT2D eigenvalue weighted by molar-refractivity contribution is 4.93.